The van der Waals surface area contributed by atoms with Gasteiger partial charge in [-0.15, -0.1) is 10.2 Å². The van der Waals surface area contributed by atoms with E-state index in [-0.39, 0.29) is 5.57 Å². The van der Waals surface area contributed by atoms with Crippen molar-refractivity contribution in [3.05, 3.63) is 54.1 Å². The molecule has 2 rings (SSSR count). The average molecular weight is 239 g/mol. The molecule has 0 aliphatic rings. The minimum Gasteiger partial charge on any atom is -0.267 e. The maximum absolute atomic E-state index is 11.8. The van der Waals surface area contributed by atoms with E-state index < -0.39 is 5.91 Å². The Hall–Kier alpha value is -2.94. The highest BCUT2D eigenvalue weighted by molar-refractivity contribution is 6.06. The molecule has 1 N–H and O–H groups in total. The van der Waals surface area contributed by atoms with Gasteiger partial charge in [0.05, 0.1) is 0 Å². The maximum atomic E-state index is 11.8. The summed E-state index contributed by atoms with van der Waals surface area (Å²) in [6.07, 6.45) is 4.17. The van der Waals surface area contributed by atoms with Crippen molar-refractivity contribution in [1.29, 1.82) is 5.26 Å². The summed E-state index contributed by atoms with van der Waals surface area (Å²) in [5, 5.41) is 16.0. The second-order valence-electron chi connectivity index (χ2n) is 3.39. The van der Waals surface area contributed by atoms with E-state index >= 15 is 0 Å². The van der Waals surface area contributed by atoms with Crippen LogP contribution in [-0.2, 0) is 4.79 Å². The van der Waals surface area contributed by atoms with E-state index in [1.807, 2.05) is 36.4 Å². The van der Waals surface area contributed by atoms with Crippen molar-refractivity contribution in [2.45, 2.75) is 0 Å². The molecule has 0 bridgehead atoms. The molecule has 6 nitrogen and oxygen atoms in total. The topological polar surface area (TPSA) is 83.6 Å². The van der Waals surface area contributed by atoms with Crippen LogP contribution in [0.25, 0.3) is 6.08 Å². The van der Waals surface area contributed by atoms with Crippen molar-refractivity contribution in [2.24, 2.45) is 0 Å². The summed E-state index contributed by atoms with van der Waals surface area (Å²) in [5.41, 5.74) is 3.25. The zero-order valence-electron chi connectivity index (χ0n) is 9.32. The largest absolute Gasteiger partial charge is 0.280 e. The third-order valence-corrected chi connectivity index (χ3v) is 2.13. The minimum atomic E-state index is -0.513. The lowest BCUT2D eigenvalue weighted by Crippen LogP contribution is -2.22. The molecule has 1 aromatic carbocycles. The third-order valence-electron chi connectivity index (χ3n) is 2.13. The summed E-state index contributed by atoms with van der Waals surface area (Å²) in [7, 11) is 0. The molecular weight excluding hydrogens is 230 g/mol. The number of nitriles is 1. The Bertz CT molecular complexity index is 595. The van der Waals surface area contributed by atoms with Crippen LogP contribution in [0.2, 0.25) is 0 Å². The Kier molecular flexibility index (Phi) is 3.47. The van der Waals surface area contributed by atoms with Crippen LogP contribution in [0.5, 0.6) is 0 Å². The molecule has 6 heteroatoms. The molecule has 1 amide bonds. The van der Waals surface area contributed by atoms with Crippen LogP contribution in [0, 0.1) is 11.3 Å². The first-order valence-electron chi connectivity index (χ1n) is 5.12. The molecule has 0 aliphatic heterocycles. The summed E-state index contributed by atoms with van der Waals surface area (Å²) in [6.45, 7) is 0. The number of nitrogens with one attached hydrogen (secondary N) is 1. The number of carbonyl (C=O) groups excluding carboxylic acids is 1. The van der Waals surface area contributed by atoms with Crippen molar-refractivity contribution in [1.82, 2.24) is 14.9 Å². The van der Waals surface area contributed by atoms with Gasteiger partial charge in [0, 0.05) is 0 Å². The number of carbonyl (C=O) groups is 1. The molecule has 0 aliphatic carbocycles. The number of rotatable bonds is 3. The number of hydrogen-bond acceptors (Lipinski definition) is 4. The quantitative estimate of drug-likeness (QED) is 0.638. The number of hydrogen-bond donors (Lipinski definition) is 1. The Morgan fingerprint density at radius 2 is 1.94 bits per heavy atom. The lowest BCUT2D eigenvalue weighted by Gasteiger charge is -2.02. The molecule has 2 aromatic rings. The Morgan fingerprint density at radius 1 is 1.28 bits per heavy atom. The number of amides is 1. The van der Waals surface area contributed by atoms with Crippen molar-refractivity contribution in [3.8, 4) is 6.07 Å². The molecule has 88 valence electrons. The van der Waals surface area contributed by atoms with Gasteiger partial charge in [-0.25, -0.2) is 4.68 Å². The lowest BCUT2D eigenvalue weighted by molar-refractivity contribution is -0.113. The van der Waals surface area contributed by atoms with Gasteiger partial charge < -0.3 is 0 Å². The molecule has 1 aromatic heterocycles. The van der Waals surface area contributed by atoms with Gasteiger partial charge in [0.25, 0.3) is 5.91 Å². The molecular formula is C12H9N5O. The van der Waals surface area contributed by atoms with Gasteiger partial charge in [-0.2, -0.15) is 5.26 Å². The first-order chi connectivity index (χ1) is 8.79. The average Bonchev–Trinajstić information content (AvgIpc) is 2.90. The highest BCUT2D eigenvalue weighted by Gasteiger charge is 2.08. The van der Waals surface area contributed by atoms with Crippen LogP contribution >= 0.6 is 0 Å². The monoisotopic (exact) mass is 239 g/mol. The van der Waals surface area contributed by atoms with Gasteiger partial charge in [0.2, 0.25) is 0 Å². The molecule has 1 heterocycles. The summed E-state index contributed by atoms with van der Waals surface area (Å²) in [6, 6.07) is 11.0. The summed E-state index contributed by atoms with van der Waals surface area (Å²) < 4.78 is 1.28. The molecule has 18 heavy (non-hydrogen) atoms. The van der Waals surface area contributed by atoms with Crippen LogP contribution < -0.4 is 5.43 Å². The van der Waals surface area contributed by atoms with Crippen molar-refractivity contribution < 1.29 is 4.79 Å². The van der Waals surface area contributed by atoms with Crippen LogP contribution in [0.4, 0.5) is 0 Å². The molecule has 0 saturated carbocycles. The normalized spacial score (nSPS) is 10.7. The minimum absolute atomic E-state index is 0.00917. The fourth-order valence-corrected chi connectivity index (χ4v) is 1.30. The van der Waals surface area contributed by atoms with Gasteiger partial charge in [-0.3, -0.25) is 10.2 Å². The highest BCUT2D eigenvalue weighted by Crippen LogP contribution is 2.06. The summed E-state index contributed by atoms with van der Waals surface area (Å²) >= 11 is 0. The van der Waals surface area contributed by atoms with Crippen LogP contribution in [0.15, 0.2) is 48.6 Å². The van der Waals surface area contributed by atoms with Gasteiger partial charge >= 0.3 is 0 Å². The Labute approximate surface area is 103 Å². The van der Waals surface area contributed by atoms with Crippen molar-refractivity contribution >= 4 is 12.0 Å². The van der Waals surface area contributed by atoms with E-state index in [1.54, 1.807) is 0 Å². The van der Waals surface area contributed by atoms with E-state index in [1.165, 1.54) is 23.4 Å². The zero-order valence-corrected chi connectivity index (χ0v) is 9.32. The van der Waals surface area contributed by atoms with E-state index in [0.29, 0.717) is 0 Å². The standard InChI is InChI=1S/C12H9N5O/c13-7-11(6-10-4-2-1-3-5-10)12(18)16-17-8-14-15-9-17/h1-6,8-9H,(H,16,18)/b11-6-. The SMILES string of the molecule is N#C/C(=C/c1ccccc1)C(=O)Nn1cnnc1. The lowest BCUT2D eigenvalue weighted by atomic mass is 10.1. The highest BCUT2D eigenvalue weighted by atomic mass is 16.2. The molecule has 0 radical (unpaired) electrons. The molecule has 0 unspecified atom stereocenters. The number of aromatic nitrogens is 3. The predicted octanol–water partition coefficient (Wildman–Crippen LogP) is 0.955. The molecule has 0 spiro atoms. The summed E-state index contributed by atoms with van der Waals surface area (Å²) in [5.74, 6) is -0.513. The molecule has 0 fully saturated rings. The smallest absolute Gasteiger partial charge is 0.267 e. The number of benzene rings is 1. The van der Waals surface area contributed by atoms with Crippen LogP contribution in [0.3, 0.4) is 0 Å². The molecule has 0 saturated heterocycles. The van der Waals surface area contributed by atoms with Crippen LogP contribution in [-0.4, -0.2) is 20.8 Å². The van der Waals surface area contributed by atoms with E-state index in [4.69, 9.17) is 5.26 Å². The first-order valence-corrected chi connectivity index (χ1v) is 5.12. The first kappa shape index (κ1) is 11.5. The van der Waals surface area contributed by atoms with Crippen molar-refractivity contribution in [3.63, 3.8) is 0 Å². The fraction of sp³-hybridized carbons (Fsp3) is 0. The number of nitrogens with zero attached hydrogens (tertiary/aromatic N) is 4. The maximum Gasteiger partial charge on any atom is 0.280 e. The second-order valence-corrected chi connectivity index (χ2v) is 3.39. The molecule has 0 atom stereocenters. The van der Waals surface area contributed by atoms with Crippen molar-refractivity contribution in [2.75, 3.05) is 5.43 Å². The van der Waals surface area contributed by atoms with Gasteiger partial charge in [0.1, 0.15) is 24.3 Å². The Balaban J connectivity index is 2.17. The van der Waals surface area contributed by atoms with Gasteiger partial charge in [-0.1, -0.05) is 30.3 Å². The fourth-order valence-electron chi connectivity index (χ4n) is 1.30. The zero-order chi connectivity index (χ0) is 12.8. The third kappa shape index (κ3) is 2.80. The second kappa shape index (κ2) is 5.41. The van der Waals surface area contributed by atoms with E-state index in [9.17, 15) is 4.79 Å². The van der Waals surface area contributed by atoms with E-state index in [0.717, 1.165) is 5.56 Å². The Morgan fingerprint density at radius 3 is 2.56 bits per heavy atom. The van der Waals surface area contributed by atoms with E-state index in [2.05, 4.69) is 15.6 Å². The van der Waals surface area contributed by atoms with Gasteiger partial charge in [-0.05, 0) is 11.6 Å². The van der Waals surface area contributed by atoms with Gasteiger partial charge in [0.15, 0.2) is 0 Å². The summed E-state index contributed by atoms with van der Waals surface area (Å²) in [4.78, 5) is 11.8. The predicted molar refractivity (Wildman–Crippen MR) is 64.4 cm³/mol. The van der Waals surface area contributed by atoms with Crippen LogP contribution in [0.1, 0.15) is 5.56 Å².